The van der Waals surface area contributed by atoms with E-state index in [1.54, 1.807) is 0 Å². The molecule has 1 fully saturated rings. The summed E-state index contributed by atoms with van der Waals surface area (Å²) >= 11 is 2.29. The molecular formula is C6H10BIO2. The van der Waals surface area contributed by atoms with E-state index in [0.717, 1.165) is 10.8 Å². The predicted molar refractivity (Wildman–Crippen MR) is 48.5 cm³/mol. The summed E-state index contributed by atoms with van der Waals surface area (Å²) in [5.74, 6) is 0.445. The molecule has 10 heavy (non-hydrogen) atoms. The monoisotopic (exact) mass is 252 g/mol. The fraction of sp³-hybridized carbons (Fsp3) is 1.00. The molecule has 1 aliphatic rings. The Morgan fingerprint density at radius 3 is 2.80 bits per heavy atom. The molecular weight excluding hydrogens is 242 g/mol. The zero-order valence-electron chi connectivity index (χ0n) is 5.66. The lowest BCUT2D eigenvalue weighted by molar-refractivity contribution is 0.0304. The molecule has 56 valence electrons. The third-order valence-electron chi connectivity index (χ3n) is 1.79. The van der Waals surface area contributed by atoms with Gasteiger partial charge in [0, 0.05) is 10.4 Å². The second-order valence-corrected chi connectivity index (χ2v) is 3.43. The number of aliphatic hydroxyl groups excluding tert-OH is 1. The van der Waals surface area contributed by atoms with Crippen molar-refractivity contribution in [1.29, 1.82) is 0 Å². The Labute approximate surface area is 75.9 Å². The van der Waals surface area contributed by atoms with E-state index >= 15 is 0 Å². The Morgan fingerprint density at radius 2 is 2.40 bits per heavy atom. The van der Waals surface area contributed by atoms with Gasteiger partial charge >= 0.3 is 0 Å². The Hall–Kier alpha value is 0.715. The summed E-state index contributed by atoms with van der Waals surface area (Å²) in [5.41, 5.74) is 0. The maximum absolute atomic E-state index is 8.80. The summed E-state index contributed by atoms with van der Waals surface area (Å²) in [5, 5.41) is 8.80. The van der Waals surface area contributed by atoms with Gasteiger partial charge in [-0.25, -0.2) is 0 Å². The SMILES string of the molecule is [B][C@H]1CC(CI)[C@@H](CO)O1. The fourth-order valence-electron chi connectivity index (χ4n) is 1.20. The molecule has 2 nitrogen and oxygen atoms in total. The van der Waals surface area contributed by atoms with E-state index in [-0.39, 0.29) is 18.7 Å². The normalized spacial score (nSPS) is 40.4. The van der Waals surface area contributed by atoms with E-state index in [1.165, 1.54) is 0 Å². The van der Waals surface area contributed by atoms with E-state index in [4.69, 9.17) is 17.7 Å². The van der Waals surface area contributed by atoms with Gasteiger partial charge in [-0.3, -0.25) is 0 Å². The summed E-state index contributed by atoms with van der Waals surface area (Å²) in [6, 6.07) is -0.156. The second-order valence-electron chi connectivity index (χ2n) is 2.55. The zero-order valence-corrected chi connectivity index (χ0v) is 7.82. The van der Waals surface area contributed by atoms with Crippen molar-refractivity contribution < 1.29 is 9.84 Å². The molecule has 0 bridgehead atoms. The van der Waals surface area contributed by atoms with Gasteiger partial charge in [0.2, 0.25) is 0 Å². The maximum atomic E-state index is 8.80. The third kappa shape index (κ3) is 1.86. The van der Waals surface area contributed by atoms with Crippen molar-refractivity contribution in [3.8, 4) is 0 Å². The lowest BCUT2D eigenvalue weighted by Gasteiger charge is -2.12. The van der Waals surface area contributed by atoms with Crippen molar-refractivity contribution in [3.05, 3.63) is 0 Å². The standard InChI is InChI=1S/C6H10BIO2/c7-6-1-4(2-8)5(3-9)10-6/h4-6,9H,1-3H2/t4?,5-,6-/m1/s1. The predicted octanol–water partition coefficient (Wildman–Crippen LogP) is 0.313. The van der Waals surface area contributed by atoms with Gasteiger partial charge in [-0.05, 0) is 12.3 Å². The molecule has 0 aromatic heterocycles. The van der Waals surface area contributed by atoms with Crippen LogP contribution in [-0.4, -0.2) is 36.1 Å². The summed E-state index contributed by atoms with van der Waals surface area (Å²) in [4.78, 5) is 0. The highest BCUT2D eigenvalue weighted by atomic mass is 127. The first-order valence-corrected chi connectivity index (χ1v) is 4.88. The molecule has 0 aliphatic carbocycles. The van der Waals surface area contributed by atoms with E-state index in [0.29, 0.717) is 5.92 Å². The first-order chi connectivity index (χ1) is 4.77. The molecule has 2 radical (unpaired) electrons. The number of aliphatic hydroxyl groups is 1. The molecule has 1 aliphatic heterocycles. The molecule has 1 saturated heterocycles. The molecule has 1 unspecified atom stereocenters. The Bertz CT molecular complexity index is 99.9. The number of ether oxygens (including phenoxy) is 1. The van der Waals surface area contributed by atoms with Crippen LogP contribution in [0.1, 0.15) is 6.42 Å². The van der Waals surface area contributed by atoms with Crippen LogP contribution < -0.4 is 0 Å². The van der Waals surface area contributed by atoms with Crippen LogP contribution in [0.15, 0.2) is 0 Å². The number of hydrogen-bond donors (Lipinski definition) is 1. The van der Waals surface area contributed by atoms with Crippen LogP contribution in [0.25, 0.3) is 0 Å². The van der Waals surface area contributed by atoms with Gasteiger partial charge in [-0.1, -0.05) is 22.6 Å². The molecule has 0 amide bonds. The van der Waals surface area contributed by atoms with Crippen LogP contribution in [0, 0.1) is 5.92 Å². The Kier molecular flexibility index (Phi) is 3.46. The minimum atomic E-state index is -0.156. The molecule has 3 atom stereocenters. The lowest BCUT2D eigenvalue weighted by Crippen LogP contribution is -2.21. The van der Waals surface area contributed by atoms with Crippen molar-refractivity contribution in [3.63, 3.8) is 0 Å². The van der Waals surface area contributed by atoms with Crippen molar-refractivity contribution in [2.45, 2.75) is 18.5 Å². The molecule has 4 heteroatoms. The molecule has 0 aromatic carbocycles. The molecule has 0 saturated carbocycles. The van der Waals surface area contributed by atoms with Gasteiger partial charge in [-0.15, -0.1) is 0 Å². The number of hydrogen-bond acceptors (Lipinski definition) is 2. The van der Waals surface area contributed by atoms with Crippen LogP contribution in [0.2, 0.25) is 0 Å². The Balaban J connectivity index is 2.41. The highest BCUT2D eigenvalue weighted by Gasteiger charge is 2.30. The van der Waals surface area contributed by atoms with Gasteiger partial charge in [0.25, 0.3) is 0 Å². The largest absolute Gasteiger partial charge is 0.394 e. The van der Waals surface area contributed by atoms with Crippen LogP contribution in [0.3, 0.4) is 0 Å². The van der Waals surface area contributed by atoms with Crippen molar-refractivity contribution in [1.82, 2.24) is 0 Å². The lowest BCUT2D eigenvalue weighted by atomic mass is 9.92. The molecule has 0 aromatic rings. The van der Waals surface area contributed by atoms with E-state index in [1.807, 2.05) is 0 Å². The average molecular weight is 252 g/mol. The molecule has 1 N–H and O–H groups in total. The van der Waals surface area contributed by atoms with Gasteiger partial charge in [0.15, 0.2) is 0 Å². The number of rotatable bonds is 2. The fourth-order valence-corrected chi connectivity index (χ4v) is 2.12. The van der Waals surface area contributed by atoms with E-state index in [2.05, 4.69) is 22.6 Å². The third-order valence-corrected chi connectivity index (χ3v) is 2.92. The number of alkyl halides is 1. The van der Waals surface area contributed by atoms with Crippen molar-refractivity contribution in [2.24, 2.45) is 5.92 Å². The number of halogens is 1. The average Bonchev–Trinajstić information content (AvgIpc) is 2.30. The van der Waals surface area contributed by atoms with E-state index < -0.39 is 0 Å². The molecule has 0 spiro atoms. The minimum absolute atomic E-state index is 0.0214. The summed E-state index contributed by atoms with van der Waals surface area (Å²) in [6.07, 6.45) is 0.862. The highest BCUT2D eigenvalue weighted by molar-refractivity contribution is 14.1. The quantitative estimate of drug-likeness (QED) is 0.435. The molecule has 1 rings (SSSR count). The maximum Gasteiger partial charge on any atom is 0.109 e. The van der Waals surface area contributed by atoms with Crippen LogP contribution in [0.4, 0.5) is 0 Å². The van der Waals surface area contributed by atoms with Crippen molar-refractivity contribution >= 4 is 30.4 Å². The zero-order chi connectivity index (χ0) is 7.56. The second kappa shape index (κ2) is 3.92. The summed E-state index contributed by atoms with van der Waals surface area (Å²) in [6.45, 7) is 0.0986. The van der Waals surface area contributed by atoms with E-state index in [9.17, 15) is 0 Å². The Morgan fingerprint density at radius 1 is 1.70 bits per heavy atom. The van der Waals surface area contributed by atoms with Crippen LogP contribution in [0.5, 0.6) is 0 Å². The molecule has 1 heterocycles. The van der Waals surface area contributed by atoms with Crippen LogP contribution >= 0.6 is 22.6 Å². The smallest absolute Gasteiger partial charge is 0.109 e. The van der Waals surface area contributed by atoms with Gasteiger partial charge in [0.05, 0.1) is 12.7 Å². The minimum Gasteiger partial charge on any atom is -0.394 e. The first kappa shape index (κ1) is 8.81. The summed E-state index contributed by atoms with van der Waals surface area (Å²) < 4.78 is 6.25. The van der Waals surface area contributed by atoms with Crippen molar-refractivity contribution in [2.75, 3.05) is 11.0 Å². The first-order valence-electron chi connectivity index (χ1n) is 3.35. The summed E-state index contributed by atoms with van der Waals surface area (Å²) in [7, 11) is 5.53. The van der Waals surface area contributed by atoms with Gasteiger partial charge in [0.1, 0.15) is 7.85 Å². The van der Waals surface area contributed by atoms with Crippen LogP contribution in [-0.2, 0) is 4.74 Å². The highest BCUT2D eigenvalue weighted by Crippen LogP contribution is 2.26. The van der Waals surface area contributed by atoms with Gasteiger partial charge < -0.3 is 9.84 Å². The van der Waals surface area contributed by atoms with Gasteiger partial charge in [-0.2, -0.15) is 0 Å². The topological polar surface area (TPSA) is 29.5 Å².